The summed E-state index contributed by atoms with van der Waals surface area (Å²) >= 11 is 0. The molecule has 0 heterocycles. The molecule has 0 bridgehead atoms. The van der Waals surface area contributed by atoms with Gasteiger partial charge >= 0.3 is 0 Å². The van der Waals surface area contributed by atoms with E-state index in [-0.39, 0.29) is 0 Å². The first-order chi connectivity index (χ1) is 7.81. The normalized spacial score (nSPS) is 11.1. The third kappa shape index (κ3) is 11.5. The second-order valence-electron chi connectivity index (χ2n) is 4.53. The van der Waals surface area contributed by atoms with E-state index in [1.165, 1.54) is 44.9 Å². The van der Waals surface area contributed by atoms with Crippen LogP contribution < -0.4 is 0 Å². The highest BCUT2D eigenvalue weighted by Crippen LogP contribution is 2.06. The molecule has 0 saturated carbocycles. The molecule has 16 heavy (non-hydrogen) atoms. The highest BCUT2D eigenvalue weighted by Gasteiger charge is 1.95. The van der Waals surface area contributed by atoms with Crippen molar-refractivity contribution in [2.75, 3.05) is 0 Å². The van der Waals surface area contributed by atoms with Crippen molar-refractivity contribution in [3.8, 4) is 0 Å². The van der Waals surface area contributed by atoms with Crippen molar-refractivity contribution in [2.24, 2.45) is 0 Å². The largest absolute Gasteiger partial charge is 0.295 e. The van der Waals surface area contributed by atoms with E-state index in [0.29, 0.717) is 5.78 Å². The molecule has 0 aromatic carbocycles. The maximum atomic E-state index is 11.4. The second kappa shape index (κ2) is 12.5. The molecule has 0 saturated heterocycles. The van der Waals surface area contributed by atoms with Gasteiger partial charge < -0.3 is 0 Å². The lowest BCUT2D eigenvalue weighted by Crippen LogP contribution is -1.91. The van der Waals surface area contributed by atoms with Crippen molar-refractivity contribution in [3.05, 3.63) is 12.2 Å². The topological polar surface area (TPSA) is 17.1 Å². The summed E-state index contributed by atoms with van der Waals surface area (Å²) in [4.78, 5) is 11.4. The van der Waals surface area contributed by atoms with Gasteiger partial charge in [0, 0.05) is 6.42 Å². The average molecular weight is 224 g/mol. The molecule has 0 spiro atoms. The highest BCUT2D eigenvalue weighted by atomic mass is 16.1. The number of hydrogen-bond donors (Lipinski definition) is 0. The van der Waals surface area contributed by atoms with E-state index in [1.807, 2.05) is 0 Å². The quantitative estimate of drug-likeness (QED) is 0.354. The fraction of sp³-hybridized carbons (Fsp3) is 0.800. The van der Waals surface area contributed by atoms with Crippen LogP contribution in [0.3, 0.4) is 0 Å². The zero-order valence-electron chi connectivity index (χ0n) is 11.1. The molecular formula is C15H28O. The van der Waals surface area contributed by atoms with E-state index >= 15 is 0 Å². The van der Waals surface area contributed by atoms with Crippen LogP contribution in [-0.4, -0.2) is 5.78 Å². The molecule has 0 fully saturated rings. The van der Waals surface area contributed by atoms with E-state index in [0.717, 1.165) is 19.3 Å². The van der Waals surface area contributed by atoms with Gasteiger partial charge in [-0.05, 0) is 25.3 Å². The molecule has 1 nitrogen and oxygen atoms in total. The van der Waals surface area contributed by atoms with Crippen LogP contribution >= 0.6 is 0 Å². The smallest absolute Gasteiger partial charge is 0.155 e. The third-order valence-electron chi connectivity index (χ3n) is 2.80. The Kier molecular flexibility index (Phi) is 12.0. The third-order valence-corrected chi connectivity index (χ3v) is 2.80. The SMILES string of the molecule is CCCCCCC/C=C/C(=O)CCCCC. The molecule has 0 atom stereocenters. The van der Waals surface area contributed by atoms with Gasteiger partial charge in [-0.3, -0.25) is 4.79 Å². The number of ketones is 1. The summed E-state index contributed by atoms with van der Waals surface area (Å²) in [5, 5.41) is 0. The van der Waals surface area contributed by atoms with E-state index in [9.17, 15) is 4.79 Å². The Morgan fingerprint density at radius 3 is 2.19 bits per heavy atom. The fourth-order valence-electron chi connectivity index (χ4n) is 1.71. The summed E-state index contributed by atoms with van der Waals surface area (Å²) in [6.07, 6.45) is 15.6. The summed E-state index contributed by atoms with van der Waals surface area (Å²) in [6, 6.07) is 0. The van der Waals surface area contributed by atoms with Crippen LogP contribution in [0.2, 0.25) is 0 Å². The van der Waals surface area contributed by atoms with Gasteiger partial charge in [-0.15, -0.1) is 0 Å². The van der Waals surface area contributed by atoms with Crippen molar-refractivity contribution in [3.63, 3.8) is 0 Å². The minimum absolute atomic E-state index is 0.307. The van der Waals surface area contributed by atoms with Gasteiger partial charge in [-0.1, -0.05) is 58.4 Å². The van der Waals surface area contributed by atoms with Crippen molar-refractivity contribution < 1.29 is 4.79 Å². The Morgan fingerprint density at radius 1 is 0.875 bits per heavy atom. The van der Waals surface area contributed by atoms with E-state index in [4.69, 9.17) is 0 Å². The van der Waals surface area contributed by atoms with E-state index in [2.05, 4.69) is 19.9 Å². The van der Waals surface area contributed by atoms with Gasteiger partial charge in [-0.25, -0.2) is 0 Å². The molecule has 0 unspecified atom stereocenters. The summed E-state index contributed by atoms with van der Waals surface area (Å²) < 4.78 is 0. The first-order valence-electron chi connectivity index (χ1n) is 7.00. The van der Waals surface area contributed by atoms with Crippen LogP contribution in [0.1, 0.15) is 78.1 Å². The van der Waals surface area contributed by atoms with Crippen LogP contribution in [0.5, 0.6) is 0 Å². The summed E-state index contributed by atoms with van der Waals surface area (Å²) in [6.45, 7) is 4.39. The molecule has 0 radical (unpaired) electrons. The predicted molar refractivity (Wildman–Crippen MR) is 71.7 cm³/mol. The van der Waals surface area contributed by atoms with Gasteiger partial charge in [-0.2, -0.15) is 0 Å². The van der Waals surface area contributed by atoms with Crippen molar-refractivity contribution in [1.82, 2.24) is 0 Å². The number of rotatable bonds is 11. The minimum atomic E-state index is 0.307. The standard InChI is InChI=1S/C15H28O/c1-3-5-7-8-9-10-12-14-15(16)13-11-6-4-2/h12,14H,3-11,13H2,1-2H3/b14-12+. The molecule has 1 heteroatoms. The number of carbonyl (C=O) groups is 1. The fourth-order valence-corrected chi connectivity index (χ4v) is 1.71. The van der Waals surface area contributed by atoms with Crippen molar-refractivity contribution >= 4 is 5.78 Å². The van der Waals surface area contributed by atoms with E-state index < -0.39 is 0 Å². The molecule has 0 aromatic rings. The molecule has 0 aliphatic heterocycles. The van der Waals surface area contributed by atoms with Gasteiger partial charge in [0.05, 0.1) is 0 Å². The number of unbranched alkanes of at least 4 members (excludes halogenated alkanes) is 7. The van der Waals surface area contributed by atoms with Crippen LogP contribution in [0.25, 0.3) is 0 Å². The number of hydrogen-bond acceptors (Lipinski definition) is 1. The number of carbonyl (C=O) groups excluding carboxylic acids is 1. The maximum absolute atomic E-state index is 11.4. The van der Waals surface area contributed by atoms with Crippen LogP contribution in [0.15, 0.2) is 12.2 Å². The lowest BCUT2D eigenvalue weighted by atomic mass is 10.1. The Hall–Kier alpha value is -0.590. The Bertz CT molecular complexity index is 182. The first kappa shape index (κ1) is 15.4. The Morgan fingerprint density at radius 2 is 1.50 bits per heavy atom. The summed E-state index contributed by atoms with van der Waals surface area (Å²) in [7, 11) is 0. The van der Waals surface area contributed by atoms with E-state index in [1.54, 1.807) is 6.08 Å². The first-order valence-corrected chi connectivity index (χ1v) is 7.00. The molecule has 0 N–H and O–H groups in total. The van der Waals surface area contributed by atoms with Gasteiger partial charge in [0.15, 0.2) is 5.78 Å². The van der Waals surface area contributed by atoms with Crippen LogP contribution in [0, 0.1) is 0 Å². The molecular weight excluding hydrogens is 196 g/mol. The molecule has 94 valence electrons. The lowest BCUT2D eigenvalue weighted by molar-refractivity contribution is -0.114. The summed E-state index contributed by atoms with van der Waals surface area (Å²) in [5.74, 6) is 0.307. The van der Waals surface area contributed by atoms with Crippen molar-refractivity contribution in [2.45, 2.75) is 78.1 Å². The lowest BCUT2D eigenvalue weighted by Gasteiger charge is -1.96. The highest BCUT2D eigenvalue weighted by molar-refractivity contribution is 5.89. The molecule has 0 amide bonds. The Balaban J connectivity index is 3.28. The second-order valence-corrected chi connectivity index (χ2v) is 4.53. The zero-order chi connectivity index (χ0) is 12.1. The van der Waals surface area contributed by atoms with Gasteiger partial charge in [0.2, 0.25) is 0 Å². The van der Waals surface area contributed by atoms with Crippen molar-refractivity contribution in [1.29, 1.82) is 0 Å². The minimum Gasteiger partial charge on any atom is -0.295 e. The molecule has 0 rings (SSSR count). The zero-order valence-corrected chi connectivity index (χ0v) is 11.1. The average Bonchev–Trinajstić information content (AvgIpc) is 2.28. The number of allylic oxidation sites excluding steroid dienone is 2. The van der Waals surface area contributed by atoms with Gasteiger partial charge in [0.1, 0.15) is 0 Å². The Labute approximate surface area is 101 Å². The van der Waals surface area contributed by atoms with Crippen LogP contribution in [0.4, 0.5) is 0 Å². The van der Waals surface area contributed by atoms with Crippen LogP contribution in [-0.2, 0) is 4.79 Å². The molecule has 0 aliphatic rings. The maximum Gasteiger partial charge on any atom is 0.155 e. The van der Waals surface area contributed by atoms with Gasteiger partial charge in [0.25, 0.3) is 0 Å². The monoisotopic (exact) mass is 224 g/mol. The predicted octanol–water partition coefficient (Wildman–Crippen LogP) is 5.05. The molecule has 0 aromatic heterocycles. The summed E-state index contributed by atoms with van der Waals surface area (Å²) in [5.41, 5.74) is 0. The molecule has 0 aliphatic carbocycles.